The fraction of sp³-hybridized carbons (Fsp3) is 0.500. The molecule has 1 aliphatic rings. The molecule has 2 aromatic rings. The van der Waals surface area contributed by atoms with Gasteiger partial charge in [0.05, 0.1) is 7.11 Å². The Labute approximate surface area is 196 Å². The number of benzene rings is 1. The van der Waals surface area contributed by atoms with Gasteiger partial charge in [-0.3, -0.25) is 10.1 Å². The number of nitrogens with one attached hydrogen (secondary N) is 1. The summed E-state index contributed by atoms with van der Waals surface area (Å²) in [6, 6.07) is 6.39. The highest BCUT2D eigenvalue weighted by Crippen LogP contribution is 2.32. The van der Waals surface area contributed by atoms with Gasteiger partial charge in [0.2, 0.25) is 5.13 Å². The number of aromatic nitrogens is 2. The summed E-state index contributed by atoms with van der Waals surface area (Å²) in [7, 11) is 1.28. The molecule has 33 heavy (non-hydrogen) atoms. The summed E-state index contributed by atoms with van der Waals surface area (Å²) < 4.78 is 15.2. The number of methoxy groups -OCH3 is 1. The average Bonchev–Trinajstić information content (AvgIpc) is 3.25. The van der Waals surface area contributed by atoms with Crippen molar-refractivity contribution in [1.82, 2.24) is 15.1 Å². The van der Waals surface area contributed by atoms with Crippen LogP contribution in [0.5, 0.6) is 5.75 Å². The number of likely N-dealkylation sites (tertiary alicyclic amines) is 1. The van der Waals surface area contributed by atoms with Gasteiger partial charge in [-0.05, 0) is 57.9 Å². The molecule has 1 aliphatic heterocycles. The van der Waals surface area contributed by atoms with Gasteiger partial charge in [0.25, 0.3) is 5.91 Å². The van der Waals surface area contributed by atoms with Crippen molar-refractivity contribution in [3.8, 4) is 5.75 Å². The standard InChI is InChI=1S/C22H28N4O6S/c1-22(2,3)32-21(29)26-11-9-15(10-12-26)19-24-25-20(33-19)23-18(28)14-5-7-16(8-6-14)31-13-17(27)30-4/h5-8,15H,9-13H2,1-4H3,(H,23,25,28). The highest BCUT2D eigenvalue weighted by Gasteiger charge is 2.29. The maximum absolute atomic E-state index is 12.5. The van der Waals surface area contributed by atoms with E-state index in [1.54, 1.807) is 29.2 Å². The second-order valence-corrected chi connectivity index (χ2v) is 9.54. The lowest BCUT2D eigenvalue weighted by Gasteiger charge is -2.32. The van der Waals surface area contributed by atoms with Crippen LogP contribution in [0.25, 0.3) is 0 Å². The first-order valence-corrected chi connectivity index (χ1v) is 11.4. The maximum atomic E-state index is 12.5. The Morgan fingerprint density at radius 2 is 1.79 bits per heavy atom. The van der Waals surface area contributed by atoms with E-state index in [-0.39, 0.29) is 24.5 Å². The van der Waals surface area contributed by atoms with E-state index in [1.165, 1.54) is 18.4 Å². The first-order valence-electron chi connectivity index (χ1n) is 10.6. The lowest BCUT2D eigenvalue weighted by Crippen LogP contribution is -2.41. The van der Waals surface area contributed by atoms with Crippen molar-refractivity contribution < 1.29 is 28.6 Å². The number of carbonyl (C=O) groups is 3. The molecule has 2 heterocycles. The molecular weight excluding hydrogens is 448 g/mol. The molecule has 1 aromatic heterocycles. The molecule has 0 unspecified atom stereocenters. The SMILES string of the molecule is COC(=O)COc1ccc(C(=O)Nc2nnc(C3CCN(C(=O)OC(C)(C)C)CC3)s2)cc1. The van der Waals surface area contributed by atoms with Gasteiger partial charge in [-0.25, -0.2) is 9.59 Å². The zero-order valence-corrected chi connectivity index (χ0v) is 19.9. The molecule has 0 spiro atoms. The molecule has 0 saturated carbocycles. The molecule has 2 amide bonds. The minimum atomic E-state index is -0.517. The highest BCUT2D eigenvalue weighted by molar-refractivity contribution is 7.15. The second kappa shape index (κ2) is 10.6. The van der Waals surface area contributed by atoms with Gasteiger partial charge < -0.3 is 19.1 Å². The molecular formula is C22H28N4O6S. The third kappa shape index (κ3) is 7.14. The summed E-state index contributed by atoms with van der Waals surface area (Å²) in [5.41, 5.74) is -0.0979. The van der Waals surface area contributed by atoms with Crippen molar-refractivity contribution >= 4 is 34.4 Å². The van der Waals surface area contributed by atoms with Crippen molar-refractivity contribution in [2.75, 3.05) is 32.1 Å². The maximum Gasteiger partial charge on any atom is 0.410 e. The predicted octanol–water partition coefficient (Wildman–Crippen LogP) is 3.46. The Hall–Kier alpha value is -3.21. The lowest BCUT2D eigenvalue weighted by molar-refractivity contribution is -0.142. The second-order valence-electron chi connectivity index (χ2n) is 8.53. The molecule has 0 radical (unpaired) electrons. The highest BCUT2D eigenvalue weighted by atomic mass is 32.1. The Morgan fingerprint density at radius 3 is 2.39 bits per heavy atom. The monoisotopic (exact) mass is 476 g/mol. The third-order valence-electron chi connectivity index (χ3n) is 4.86. The van der Waals surface area contributed by atoms with Crippen molar-refractivity contribution in [3.63, 3.8) is 0 Å². The Balaban J connectivity index is 1.50. The van der Waals surface area contributed by atoms with E-state index in [0.29, 0.717) is 29.5 Å². The van der Waals surface area contributed by atoms with Gasteiger partial charge >= 0.3 is 12.1 Å². The molecule has 0 aliphatic carbocycles. The fourth-order valence-electron chi connectivity index (χ4n) is 3.16. The molecule has 1 N–H and O–H groups in total. The van der Waals surface area contributed by atoms with Crippen molar-refractivity contribution in [2.24, 2.45) is 0 Å². The summed E-state index contributed by atoms with van der Waals surface area (Å²) in [6.07, 6.45) is 1.22. The van der Waals surface area contributed by atoms with Crippen LogP contribution in [0.3, 0.4) is 0 Å². The van der Waals surface area contributed by atoms with E-state index >= 15 is 0 Å². The van der Waals surface area contributed by atoms with Crippen LogP contribution in [0.4, 0.5) is 9.93 Å². The third-order valence-corrected chi connectivity index (χ3v) is 5.86. The van der Waals surface area contributed by atoms with Crippen LogP contribution in [-0.2, 0) is 14.3 Å². The van der Waals surface area contributed by atoms with E-state index in [1.807, 2.05) is 20.8 Å². The van der Waals surface area contributed by atoms with E-state index in [2.05, 4.69) is 20.3 Å². The topological polar surface area (TPSA) is 120 Å². The number of rotatable bonds is 6. The normalized spacial score (nSPS) is 14.5. The number of esters is 1. The van der Waals surface area contributed by atoms with Gasteiger partial charge in [-0.2, -0.15) is 0 Å². The zero-order valence-electron chi connectivity index (χ0n) is 19.1. The van der Waals surface area contributed by atoms with E-state index in [0.717, 1.165) is 17.8 Å². The van der Waals surface area contributed by atoms with Crippen LogP contribution in [0.1, 0.15) is 54.9 Å². The minimum Gasteiger partial charge on any atom is -0.482 e. The molecule has 0 atom stereocenters. The van der Waals surface area contributed by atoms with Crippen LogP contribution in [0, 0.1) is 0 Å². The average molecular weight is 477 g/mol. The van der Waals surface area contributed by atoms with E-state index < -0.39 is 11.6 Å². The van der Waals surface area contributed by atoms with Gasteiger partial charge in [0, 0.05) is 24.6 Å². The van der Waals surface area contributed by atoms with E-state index in [4.69, 9.17) is 9.47 Å². The number of piperidine rings is 1. The van der Waals surface area contributed by atoms with Crippen LogP contribution in [-0.4, -0.2) is 65.5 Å². The van der Waals surface area contributed by atoms with Crippen LogP contribution < -0.4 is 10.1 Å². The zero-order chi connectivity index (χ0) is 24.0. The van der Waals surface area contributed by atoms with Crippen LogP contribution >= 0.6 is 11.3 Å². The van der Waals surface area contributed by atoms with Crippen molar-refractivity contribution in [1.29, 1.82) is 0 Å². The van der Waals surface area contributed by atoms with E-state index in [9.17, 15) is 14.4 Å². The largest absolute Gasteiger partial charge is 0.482 e. The Morgan fingerprint density at radius 1 is 1.12 bits per heavy atom. The van der Waals surface area contributed by atoms with Gasteiger partial charge in [-0.15, -0.1) is 10.2 Å². The number of carbonyl (C=O) groups excluding carboxylic acids is 3. The number of ether oxygens (including phenoxy) is 3. The smallest absolute Gasteiger partial charge is 0.410 e. The van der Waals surface area contributed by atoms with Crippen molar-refractivity contribution in [3.05, 3.63) is 34.8 Å². The summed E-state index contributed by atoms with van der Waals surface area (Å²) in [5, 5.41) is 12.3. The minimum absolute atomic E-state index is 0.179. The number of hydrogen-bond acceptors (Lipinski definition) is 9. The van der Waals surface area contributed by atoms with Gasteiger partial charge in [0.15, 0.2) is 6.61 Å². The first kappa shape index (κ1) is 24.4. The van der Waals surface area contributed by atoms with Crippen molar-refractivity contribution in [2.45, 2.75) is 45.1 Å². The first-order chi connectivity index (χ1) is 15.6. The number of amides is 2. The number of anilines is 1. The molecule has 3 rings (SSSR count). The summed E-state index contributed by atoms with van der Waals surface area (Å²) in [4.78, 5) is 37.6. The van der Waals surface area contributed by atoms with Crippen LogP contribution in [0.15, 0.2) is 24.3 Å². The quantitative estimate of drug-likeness (QED) is 0.630. The molecule has 10 nitrogen and oxygen atoms in total. The molecule has 11 heteroatoms. The predicted molar refractivity (Wildman–Crippen MR) is 122 cm³/mol. The Kier molecular flexibility index (Phi) is 7.85. The molecule has 1 aromatic carbocycles. The summed E-state index contributed by atoms with van der Waals surface area (Å²) in [6.45, 7) is 6.52. The number of hydrogen-bond donors (Lipinski definition) is 1. The summed E-state index contributed by atoms with van der Waals surface area (Å²) in [5.74, 6) is -0.178. The molecule has 1 saturated heterocycles. The summed E-state index contributed by atoms with van der Waals surface area (Å²) >= 11 is 1.33. The molecule has 1 fully saturated rings. The molecule has 0 bridgehead atoms. The van der Waals surface area contributed by atoms with Gasteiger partial charge in [0.1, 0.15) is 16.4 Å². The fourth-order valence-corrected chi connectivity index (χ4v) is 4.07. The molecule has 178 valence electrons. The lowest BCUT2D eigenvalue weighted by atomic mass is 9.98. The van der Waals surface area contributed by atoms with Crippen LogP contribution in [0.2, 0.25) is 0 Å². The number of nitrogens with zero attached hydrogens (tertiary/aromatic N) is 3. The Bertz CT molecular complexity index is 978. The van der Waals surface area contributed by atoms with Gasteiger partial charge in [-0.1, -0.05) is 11.3 Å².